The van der Waals surface area contributed by atoms with E-state index in [1.165, 1.54) is 24.0 Å². The number of rotatable bonds is 5. The summed E-state index contributed by atoms with van der Waals surface area (Å²) in [5, 5.41) is 2.98. The third-order valence-corrected chi connectivity index (χ3v) is 5.32. The van der Waals surface area contributed by atoms with Crippen molar-refractivity contribution in [3.8, 4) is 0 Å². The summed E-state index contributed by atoms with van der Waals surface area (Å²) in [5.74, 6) is 0.229. The quantitative estimate of drug-likeness (QED) is 0.829. The van der Waals surface area contributed by atoms with Crippen molar-refractivity contribution in [2.45, 2.75) is 37.0 Å². The number of benzene rings is 1. The Morgan fingerprint density at radius 2 is 1.89 bits per heavy atom. The standard InChI is InChI=1S/C14H21NO2S/c1-15-9-4-10-18(16,17)14-8-7-12-5-2-3-6-13(12)11-14/h7-8,11,15H,2-6,9-10H2,1H3. The summed E-state index contributed by atoms with van der Waals surface area (Å²) in [6.07, 6.45) is 5.18. The first-order valence-corrected chi connectivity index (χ1v) is 8.28. The fourth-order valence-corrected chi connectivity index (χ4v) is 3.82. The van der Waals surface area contributed by atoms with E-state index >= 15 is 0 Å². The summed E-state index contributed by atoms with van der Waals surface area (Å²) in [7, 11) is -1.27. The van der Waals surface area contributed by atoms with Crippen LogP contribution in [-0.2, 0) is 22.7 Å². The van der Waals surface area contributed by atoms with Crippen LogP contribution in [0, 0.1) is 0 Å². The van der Waals surface area contributed by atoms with E-state index in [2.05, 4.69) is 5.32 Å². The van der Waals surface area contributed by atoms with Crippen molar-refractivity contribution in [3.05, 3.63) is 29.3 Å². The number of hydrogen-bond donors (Lipinski definition) is 1. The summed E-state index contributed by atoms with van der Waals surface area (Å²) >= 11 is 0. The fourth-order valence-electron chi connectivity index (χ4n) is 2.46. The summed E-state index contributed by atoms with van der Waals surface area (Å²) < 4.78 is 24.3. The van der Waals surface area contributed by atoms with Crippen molar-refractivity contribution in [1.29, 1.82) is 0 Å². The van der Waals surface area contributed by atoms with Crippen LogP contribution in [0.2, 0.25) is 0 Å². The molecule has 3 nitrogen and oxygen atoms in total. The van der Waals surface area contributed by atoms with Gasteiger partial charge in [-0.1, -0.05) is 6.07 Å². The second-order valence-corrected chi connectivity index (χ2v) is 7.02. The van der Waals surface area contributed by atoms with Crippen LogP contribution in [0.15, 0.2) is 23.1 Å². The Balaban J connectivity index is 2.17. The molecule has 100 valence electrons. The summed E-state index contributed by atoms with van der Waals surface area (Å²) in [5.41, 5.74) is 2.56. The molecule has 4 heteroatoms. The van der Waals surface area contributed by atoms with Gasteiger partial charge in [-0.3, -0.25) is 0 Å². The molecular weight excluding hydrogens is 246 g/mol. The first-order valence-electron chi connectivity index (χ1n) is 6.62. The predicted molar refractivity (Wildman–Crippen MR) is 73.7 cm³/mol. The zero-order valence-electron chi connectivity index (χ0n) is 10.9. The SMILES string of the molecule is CNCCCS(=O)(=O)c1ccc2c(c1)CCCC2. The predicted octanol–water partition coefficient (Wildman–Crippen LogP) is 1.95. The molecule has 1 aromatic rings. The number of sulfone groups is 1. The molecule has 0 fully saturated rings. The van der Waals surface area contributed by atoms with Crippen LogP contribution in [0.25, 0.3) is 0 Å². The summed E-state index contributed by atoms with van der Waals surface area (Å²) in [4.78, 5) is 0.499. The van der Waals surface area contributed by atoms with E-state index in [9.17, 15) is 8.42 Å². The van der Waals surface area contributed by atoms with Gasteiger partial charge in [0.2, 0.25) is 0 Å². The Morgan fingerprint density at radius 1 is 1.17 bits per heavy atom. The van der Waals surface area contributed by atoms with Gasteiger partial charge in [0.15, 0.2) is 9.84 Å². The highest BCUT2D eigenvalue weighted by Gasteiger charge is 2.17. The Kier molecular flexibility index (Phi) is 4.40. The van der Waals surface area contributed by atoms with E-state index in [1.807, 2.05) is 19.2 Å². The molecule has 0 atom stereocenters. The van der Waals surface area contributed by atoms with Crippen LogP contribution in [0.4, 0.5) is 0 Å². The molecule has 0 unspecified atom stereocenters. The van der Waals surface area contributed by atoms with E-state index in [-0.39, 0.29) is 5.75 Å². The van der Waals surface area contributed by atoms with Gasteiger partial charge in [0.1, 0.15) is 0 Å². The van der Waals surface area contributed by atoms with Crippen molar-refractivity contribution in [2.75, 3.05) is 19.3 Å². The van der Waals surface area contributed by atoms with Crippen LogP contribution in [0.5, 0.6) is 0 Å². The highest BCUT2D eigenvalue weighted by atomic mass is 32.2. The average Bonchev–Trinajstić information content (AvgIpc) is 2.38. The largest absolute Gasteiger partial charge is 0.320 e. The van der Waals surface area contributed by atoms with E-state index < -0.39 is 9.84 Å². The monoisotopic (exact) mass is 267 g/mol. The Morgan fingerprint density at radius 3 is 2.61 bits per heavy atom. The van der Waals surface area contributed by atoms with Crippen molar-refractivity contribution in [1.82, 2.24) is 5.32 Å². The zero-order chi connectivity index (χ0) is 13.0. The maximum Gasteiger partial charge on any atom is 0.178 e. The molecule has 1 aliphatic carbocycles. The van der Waals surface area contributed by atoms with Gasteiger partial charge in [0.05, 0.1) is 10.6 Å². The van der Waals surface area contributed by atoms with Crippen LogP contribution in [-0.4, -0.2) is 27.8 Å². The molecule has 0 aliphatic heterocycles. The summed E-state index contributed by atoms with van der Waals surface area (Å²) in [6.45, 7) is 0.740. The highest BCUT2D eigenvalue weighted by Crippen LogP contribution is 2.24. The molecule has 2 rings (SSSR count). The normalized spacial score (nSPS) is 15.4. The number of fused-ring (bicyclic) bond motifs is 1. The number of aryl methyl sites for hydroxylation is 2. The molecule has 1 aliphatic rings. The number of nitrogens with one attached hydrogen (secondary N) is 1. The molecule has 1 aromatic carbocycles. The number of hydrogen-bond acceptors (Lipinski definition) is 3. The van der Waals surface area contributed by atoms with E-state index in [4.69, 9.17) is 0 Å². The minimum atomic E-state index is -3.11. The van der Waals surface area contributed by atoms with E-state index in [1.54, 1.807) is 6.07 Å². The van der Waals surface area contributed by atoms with Gasteiger partial charge in [-0.05, 0) is 69.0 Å². The topological polar surface area (TPSA) is 46.2 Å². The second kappa shape index (κ2) is 5.85. The van der Waals surface area contributed by atoms with Crippen molar-refractivity contribution in [3.63, 3.8) is 0 Å². The van der Waals surface area contributed by atoms with E-state index in [0.29, 0.717) is 11.3 Å². The molecular formula is C14H21NO2S. The van der Waals surface area contributed by atoms with Crippen molar-refractivity contribution in [2.24, 2.45) is 0 Å². The van der Waals surface area contributed by atoms with Gasteiger partial charge >= 0.3 is 0 Å². The minimum Gasteiger partial charge on any atom is -0.320 e. The van der Waals surface area contributed by atoms with Crippen LogP contribution >= 0.6 is 0 Å². The third-order valence-electron chi connectivity index (χ3n) is 3.52. The highest BCUT2D eigenvalue weighted by molar-refractivity contribution is 7.91. The Hall–Kier alpha value is -0.870. The first-order chi connectivity index (χ1) is 8.63. The maximum atomic E-state index is 12.2. The van der Waals surface area contributed by atoms with Crippen molar-refractivity contribution < 1.29 is 8.42 Å². The van der Waals surface area contributed by atoms with Gasteiger partial charge < -0.3 is 5.32 Å². The average molecular weight is 267 g/mol. The molecule has 0 saturated carbocycles. The fraction of sp³-hybridized carbons (Fsp3) is 0.571. The lowest BCUT2D eigenvalue weighted by molar-refractivity contribution is 0.591. The lowest BCUT2D eigenvalue weighted by atomic mass is 9.92. The molecule has 0 saturated heterocycles. The Labute approximate surface area is 110 Å². The van der Waals surface area contributed by atoms with Crippen molar-refractivity contribution >= 4 is 9.84 Å². The van der Waals surface area contributed by atoms with Crippen LogP contribution in [0.3, 0.4) is 0 Å². The second-order valence-electron chi connectivity index (χ2n) is 4.91. The zero-order valence-corrected chi connectivity index (χ0v) is 11.7. The lowest BCUT2D eigenvalue weighted by Crippen LogP contribution is -2.15. The molecule has 0 aromatic heterocycles. The van der Waals surface area contributed by atoms with Crippen LogP contribution in [0.1, 0.15) is 30.4 Å². The summed E-state index contributed by atoms with van der Waals surface area (Å²) in [6, 6.07) is 5.67. The van der Waals surface area contributed by atoms with Gasteiger partial charge in [0.25, 0.3) is 0 Å². The van der Waals surface area contributed by atoms with Crippen LogP contribution < -0.4 is 5.32 Å². The lowest BCUT2D eigenvalue weighted by Gasteiger charge is -2.16. The Bertz CT molecular complexity index is 509. The molecule has 0 radical (unpaired) electrons. The van der Waals surface area contributed by atoms with Gasteiger partial charge in [-0.25, -0.2) is 8.42 Å². The molecule has 0 bridgehead atoms. The molecule has 0 heterocycles. The van der Waals surface area contributed by atoms with E-state index in [0.717, 1.165) is 19.4 Å². The third kappa shape index (κ3) is 3.12. The van der Waals surface area contributed by atoms with Gasteiger partial charge in [-0.2, -0.15) is 0 Å². The molecule has 0 spiro atoms. The maximum absolute atomic E-state index is 12.2. The minimum absolute atomic E-state index is 0.229. The van der Waals surface area contributed by atoms with Gasteiger partial charge in [-0.15, -0.1) is 0 Å². The molecule has 18 heavy (non-hydrogen) atoms. The molecule has 0 amide bonds. The molecule has 1 N–H and O–H groups in total. The smallest absolute Gasteiger partial charge is 0.178 e. The first kappa shape index (κ1) is 13.6. The van der Waals surface area contributed by atoms with Gasteiger partial charge in [0, 0.05) is 0 Å².